The van der Waals surface area contributed by atoms with Crippen LogP contribution in [0.1, 0.15) is 34.1 Å². The zero-order chi connectivity index (χ0) is 15.2. The number of nitrogens with one attached hydrogen (secondary N) is 2. The summed E-state index contributed by atoms with van der Waals surface area (Å²) in [6, 6.07) is 10.0. The fourth-order valence-corrected chi connectivity index (χ4v) is 2.06. The molecule has 0 aliphatic rings. The summed E-state index contributed by atoms with van der Waals surface area (Å²) in [5.41, 5.74) is 4.59. The number of carbonyl (C=O) groups excluding carboxylic acids is 1. The van der Waals surface area contributed by atoms with E-state index in [1.165, 1.54) is 5.56 Å². The molecular weight excluding hydrogens is 262 g/mol. The largest absolute Gasteiger partial charge is 0.385 e. The number of aryl methyl sites for hydroxylation is 2. The molecule has 0 aliphatic carbocycles. The highest BCUT2D eigenvalue weighted by Gasteiger charge is 2.11. The highest BCUT2D eigenvalue weighted by molar-refractivity contribution is 5.99. The maximum absolute atomic E-state index is 12.3. The van der Waals surface area contributed by atoms with Gasteiger partial charge in [0, 0.05) is 25.0 Å². The normalized spacial score (nSPS) is 10.2. The maximum atomic E-state index is 12.3. The van der Waals surface area contributed by atoms with Crippen molar-refractivity contribution in [2.45, 2.75) is 27.3 Å². The summed E-state index contributed by atoms with van der Waals surface area (Å²) in [6.07, 6.45) is 1.62. The Kier molecular flexibility index (Phi) is 4.93. The monoisotopic (exact) mass is 283 g/mol. The molecule has 0 unspecified atom stereocenters. The van der Waals surface area contributed by atoms with Crippen LogP contribution in [0.25, 0.3) is 0 Å². The van der Waals surface area contributed by atoms with E-state index in [0.717, 1.165) is 23.5 Å². The highest BCUT2D eigenvalue weighted by Crippen LogP contribution is 2.15. The summed E-state index contributed by atoms with van der Waals surface area (Å²) < 4.78 is 0. The van der Waals surface area contributed by atoms with E-state index in [2.05, 4.69) is 15.6 Å². The molecule has 0 radical (unpaired) electrons. The predicted octanol–water partition coefficient (Wildman–Crippen LogP) is 3.06. The van der Waals surface area contributed by atoms with E-state index >= 15 is 0 Å². The zero-order valence-corrected chi connectivity index (χ0v) is 12.7. The third-order valence-corrected chi connectivity index (χ3v) is 3.23. The lowest BCUT2D eigenvalue weighted by Crippen LogP contribution is -2.24. The molecule has 0 saturated carbocycles. The summed E-state index contributed by atoms with van der Waals surface area (Å²) in [5, 5.41) is 6.14. The standard InChI is InChI=1S/C17H21N3O/c1-4-18-16-9-13(3)19-11-15(16)17(21)20-10-14-7-5-12(2)6-8-14/h5-9,11H,4,10H2,1-3H3,(H,18,19)(H,20,21). The number of pyridine rings is 1. The lowest BCUT2D eigenvalue weighted by molar-refractivity contribution is 0.0951. The Balaban J connectivity index is 2.07. The van der Waals surface area contributed by atoms with Crippen molar-refractivity contribution in [2.24, 2.45) is 0 Å². The van der Waals surface area contributed by atoms with Gasteiger partial charge in [0.05, 0.1) is 11.3 Å². The van der Waals surface area contributed by atoms with Crippen LogP contribution in [0.3, 0.4) is 0 Å². The molecule has 1 aromatic carbocycles. The number of aromatic nitrogens is 1. The van der Waals surface area contributed by atoms with E-state index in [9.17, 15) is 4.79 Å². The first-order valence-electron chi connectivity index (χ1n) is 7.14. The molecule has 1 heterocycles. The number of benzene rings is 1. The van der Waals surface area contributed by atoms with E-state index in [0.29, 0.717) is 12.1 Å². The van der Waals surface area contributed by atoms with Gasteiger partial charge >= 0.3 is 0 Å². The fourth-order valence-electron chi connectivity index (χ4n) is 2.06. The van der Waals surface area contributed by atoms with Gasteiger partial charge in [-0.3, -0.25) is 9.78 Å². The van der Waals surface area contributed by atoms with Crippen LogP contribution >= 0.6 is 0 Å². The van der Waals surface area contributed by atoms with Crippen molar-refractivity contribution in [2.75, 3.05) is 11.9 Å². The minimum absolute atomic E-state index is 0.112. The Bertz CT molecular complexity index is 620. The Morgan fingerprint density at radius 2 is 1.90 bits per heavy atom. The number of anilines is 1. The van der Waals surface area contributed by atoms with Crippen molar-refractivity contribution in [3.05, 3.63) is 58.9 Å². The van der Waals surface area contributed by atoms with Gasteiger partial charge < -0.3 is 10.6 Å². The molecule has 1 amide bonds. The van der Waals surface area contributed by atoms with Gasteiger partial charge in [0.2, 0.25) is 0 Å². The van der Waals surface area contributed by atoms with Gasteiger partial charge in [-0.15, -0.1) is 0 Å². The molecule has 4 nitrogen and oxygen atoms in total. The predicted molar refractivity (Wildman–Crippen MR) is 85.5 cm³/mol. The van der Waals surface area contributed by atoms with Crippen LogP contribution in [-0.4, -0.2) is 17.4 Å². The van der Waals surface area contributed by atoms with Crippen molar-refractivity contribution < 1.29 is 4.79 Å². The number of hydrogen-bond donors (Lipinski definition) is 2. The first-order valence-corrected chi connectivity index (χ1v) is 7.14. The molecular formula is C17H21N3O. The second-order valence-electron chi connectivity index (χ2n) is 5.07. The van der Waals surface area contributed by atoms with Crippen molar-refractivity contribution >= 4 is 11.6 Å². The lowest BCUT2D eigenvalue weighted by Gasteiger charge is -2.11. The van der Waals surface area contributed by atoms with Gasteiger partial charge in [-0.2, -0.15) is 0 Å². The van der Waals surface area contributed by atoms with Crippen LogP contribution in [0.2, 0.25) is 0 Å². The average Bonchev–Trinajstić information content (AvgIpc) is 2.47. The van der Waals surface area contributed by atoms with E-state index in [-0.39, 0.29) is 5.91 Å². The van der Waals surface area contributed by atoms with E-state index in [1.807, 2.05) is 51.1 Å². The van der Waals surface area contributed by atoms with Crippen molar-refractivity contribution in [3.8, 4) is 0 Å². The summed E-state index contributed by atoms with van der Waals surface area (Å²) in [6.45, 7) is 7.24. The van der Waals surface area contributed by atoms with Crippen molar-refractivity contribution in [1.82, 2.24) is 10.3 Å². The minimum atomic E-state index is -0.112. The Hall–Kier alpha value is -2.36. The molecule has 2 rings (SSSR count). The number of nitrogens with zero attached hydrogens (tertiary/aromatic N) is 1. The number of rotatable bonds is 5. The minimum Gasteiger partial charge on any atom is -0.385 e. The van der Waals surface area contributed by atoms with Gasteiger partial charge in [-0.1, -0.05) is 29.8 Å². The topological polar surface area (TPSA) is 54.0 Å². The van der Waals surface area contributed by atoms with Crippen molar-refractivity contribution in [1.29, 1.82) is 0 Å². The Labute approximate surface area is 125 Å². The van der Waals surface area contributed by atoms with Gasteiger partial charge in [0.15, 0.2) is 0 Å². The van der Waals surface area contributed by atoms with Crippen LogP contribution in [0, 0.1) is 13.8 Å². The molecule has 0 bridgehead atoms. The van der Waals surface area contributed by atoms with E-state index in [4.69, 9.17) is 0 Å². The Morgan fingerprint density at radius 1 is 1.19 bits per heavy atom. The van der Waals surface area contributed by atoms with Crippen LogP contribution in [0.4, 0.5) is 5.69 Å². The van der Waals surface area contributed by atoms with Gasteiger partial charge in [-0.25, -0.2) is 0 Å². The van der Waals surface area contributed by atoms with Crippen LogP contribution in [-0.2, 0) is 6.54 Å². The summed E-state index contributed by atoms with van der Waals surface area (Å²) in [4.78, 5) is 16.5. The molecule has 1 aromatic heterocycles. The zero-order valence-electron chi connectivity index (χ0n) is 12.7. The van der Waals surface area contributed by atoms with Gasteiger partial charge in [-0.05, 0) is 32.4 Å². The van der Waals surface area contributed by atoms with Crippen LogP contribution in [0.5, 0.6) is 0 Å². The number of amides is 1. The highest BCUT2D eigenvalue weighted by atomic mass is 16.1. The second-order valence-corrected chi connectivity index (χ2v) is 5.07. The Morgan fingerprint density at radius 3 is 2.57 bits per heavy atom. The van der Waals surface area contributed by atoms with Crippen LogP contribution < -0.4 is 10.6 Å². The summed E-state index contributed by atoms with van der Waals surface area (Å²) >= 11 is 0. The lowest BCUT2D eigenvalue weighted by atomic mass is 10.1. The van der Waals surface area contributed by atoms with E-state index in [1.54, 1.807) is 6.20 Å². The molecule has 0 spiro atoms. The fraction of sp³-hybridized carbons (Fsp3) is 0.294. The first kappa shape index (κ1) is 15.0. The molecule has 21 heavy (non-hydrogen) atoms. The van der Waals surface area contributed by atoms with E-state index < -0.39 is 0 Å². The number of hydrogen-bond acceptors (Lipinski definition) is 3. The molecule has 4 heteroatoms. The SMILES string of the molecule is CCNc1cc(C)ncc1C(=O)NCc1ccc(C)cc1. The summed E-state index contributed by atoms with van der Waals surface area (Å²) in [7, 11) is 0. The number of carbonyl (C=O) groups is 1. The first-order chi connectivity index (χ1) is 10.1. The average molecular weight is 283 g/mol. The molecule has 0 atom stereocenters. The molecule has 0 saturated heterocycles. The van der Waals surface area contributed by atoms with Gasteiger partial charge in [0.25, 0.3) is 5.91 Å². The molecule has 2 N–H and O–H groups in total. The molecule has 2 aromatic rings. The van der Waals surface area contributed by atoms with Crippen LogP contribution in [0.15, 0.2) is 36.5 Å². The quantitative estimate of drug-likeness (QED) is 0.886. The molecule has 0 fully saturated rings. The third kappa shape index (κ3) is 4.05. The van der Waals surface area contributed by atoms with Crippen molar-refractivity contribution in [3.63, 3.8) is 0 Å². The maximum Gasteiger partial charge on any atom is 0.255 e. The second kappa shape index (κ2) is 6.88. The molecule has 110 valence electrons. The summed E-state index contributed by atoms with van der Waals surface area (Å²) in [5.74, 6) is -0.112. The third-order valence-electron chi connectivity index (χ3n) is 3.23. The molecule has 0 aliphatic heterocycles. The van der Waals surface area contributed by atoms with Gasteiger partial charge in [0.1, 0.15) is 0 Å². The smallest absolute Gasteiger partial charge is 0.255 e.